The van der Waals surface area contributed by atoms with Crippen LogP contribution in [0.15, 0.2) is 18.2 Å². The molecule has 0 bridgehead atoms. The molecule has 1 aromatic carbocycles. The Hall–Kier alpha value is -1.55. The highest BCUT2D eigenvalue weighted by Crippen LogP contribution is 2.31. The van der Waals surface area contributed by atoms with Gasteiger partial charge in [0.1, 0.15) is 0 Å². The summed E-state index contributed by atoms with van der Waals surface area (Å²) in [6, 6.07) is 5.01. The lowest BCUT2D eigenvalue weighted by Gasteiger charge is -2.36. The van der Waals surface area contributed by atoms with Gasteiger partial charge in [-0.3, -0.25) is 15.0 Å². The van der Waals surface area contributed by atoms with Crippen molar-refractivity contribution >= 4 is 23.4 Å². The first-order valence-corrected chi connectivity index (χ1v) is 8.18. The summed E-state index contributed by atoms with van der Waals surface area (Å²) >= 11 is 1.30. The zero-order chi connectivity index (χ0) is 16.7. The summed E-state index contributed by atoms with van der Waals surface area (Å²) in [6.07, 6.45) is 0. The van der Waals surface area contributed by atoms with Crippen LogP contribution >= 0.6 is 12.0 Å². The van der Waals surface area contributed by atoms with Gasteiger partial charge in [0.05, 0.1) is 19.1 Å². The normalized spacial score (nSPS) is 15.7. The lowest BCUT2D eigenvalue weighted by molar-refractivity contribution is -0.385. The number of rotatable bonds is 8. The minimum Gasteiger partial charge on any atom is -0.490 e. The Balaban J connectivity index is 1.88. The lowest BCUT2D eigenvalue weighted by Crippen LogP contribution is -2.47. The zero-order valence-corrected chi connectivity index (χ0v) is 14.1. The Morgan fingerprint density at radius 1 is 1.26 bits per heavy atom. The topological polar surface area (TPSA) is 77.3 Å². The molecule has 1 aromatic rings. The van der Waals surface area contributed by atoms with Crippen molar-refractivity contribution in [1.29, 1.82) is 0 Å². The van der Waals surface area contributed by atoms with Crippen LogP contribution in [0.3, 0.4) is 0 Å². The van der Waals surface area contributed by atoms with Crippen LogP contribution < -0.4 is 9.64 Å². The van der Waals surface area contributed by atoms with E-state index in [1.54, 1.807) is 12.1 Å². The van der Waals surface area contributed by atoms with Gasteiger partial charge >= 0.3 is 5.69 Å². The van der Waals surface area contributed by atoms with E-state index in [0.29, 0.717) is 5.75 Å². The van der Waals surface area contributed by atoms with Crippen molar-refractivity contribution in [1.82, 2.24) is 4.90 Å². The average Bonchev–Trinajstić information content (AvgIpc) is 2.58. The third-order valence-electron chi connectivity index (χ3n) is 3.70. The van der Waals surface area contributed by atoms with Crippen molar-refractivity contribution < 1.29 is 18.9 Å². The number of benzene rings is 1. The number of anilines is 1. The summed E-state index contributed by atoms with van der Waals surface area (Å²) in [4.78, 5) is 19.6. The number of methoxy groups -OCH3 is 1. The van der Waals surface area contributed by atoms with Crippen LogP contribution in [0.2, 0.25) is 0 Å². The number of ether oxygens (including phenoxy) is 1. The minimum atomic E-state index is -0.430. The van der Waals surface area contributed by atoms with E-state index in [1.807, 2.05) is 0 Å². The molecular formula is C14H21N3O5S. The molecule has 0 atom stereocenters. The second-order valence-corrected chi connectivity index (χ2v) is 5.78. The maximum Gasteiger partial charge on any atom is 0.311 e. The second kappa shape index (κ2) is 8.92. The molecule has 0 unspecified atom stereocenters. The van der Waals surface area contributed by atoms with Gasteiger partial charge in [-0.1, -0.05) is 0 Å². The quantitative estimate of drug-likeness (QED) is 0.233. The highest BCUT2D eigenvalue weighted by Gasteiger charge is 2.20. The molecule has 0 amide bonds. The Kier molecular flexibility index (Phi) is 6.90. The predicted molar refractivity (Wildman–Crippen MR) is 88.9 cm³/mol. The van der Waals surface area contributed by atoms with E-state index >= 15 is 0 Å². The molecular weight excluding hydrogens is 322 g/mol. The molecule has 1 aliphatic heterocycles. The van der Waals surface area contributed by atoms with Crippen molar-refractivity contribution in [3.8, 4) is 5.75 Å². The zero-order valence-electron chi connectivity index (χ0n) is 13.3. The van der Waals surface area contributed by atoms with Gasteiger partial charge in [-0.25, -0.2) is 4.89 Å². The van der Waals surface area contributed by atoms with Crippen molar-refractivity contribution in [3.05, 3.63) is 28.3 Å². The van der Waals surface area contributed by atoms with Crippen LogP contribution in [0.25, 0.3) is 0 Å². The van der Waals surface area contributed by atoms with Gasteiger partial charge in [-0.05, 0) is 6.07 Å². The Bertz CT molecular complexity index is 523. The third-order valence-corrected chi connectivity index (χ3v) is 4.29. The summed E-state index contributed by atoms with van der Waals surface area (Å²) in [5, 5.41) is 10.9. The molecule has 128 valence electrons. The number of hydrogen-bond donors (Lipinski definition) is 0. The Morgan fingerprint density at radius 3 is 2.61 bits per heavy atom. The van der Waals surface area contributed by atoms with Crippen LogP contribution in [-0.4, -0.2) is 62.5 Å². The predicted octanol–water partition coefficient (Wildman–Crippen LogP) is 1.95. The molecule has 1 saturated heterocycles. The summed E-state index contributed by atoms with van der Waals surface area (Å²) in [7, 11) is 2.94. The number of nitrogens with zero attached hydrogens (tertiary/aromatic N) is 3. The third kappa shape index (κ3) is 4.96. The van der Waals surface area contributed by atoms with E-state index in [2.05, 4.69) is 14.7 Å². The van der Waals surface area contributed by atoms with Gasteiger partial charge in [0.25, 0.3) is 0 Å². The first-order chi connectivity index (χ1) is 11.2. The molecule has 0 N–H and O–H groups in total. The van der Waals surface area contributed by atoms with Gasteiger partial charge in [0.15, 0.2) is 5.75 Å². The molecule has 23 heavy (non-hydrogen) atoms. The number of nitro groups is 1. The van der Waals surface area contributed by atoms with Crippen LogP contribution in [0.5, 0.6) is 5.75 Å². The van der Waals surface area contributed by atoms with Crippen molar-refractivity contribution in [2.24, 2.45) is 0 Å². The SMILES string of the molecule is COOSCCN1CCN(c2ccc([N+](=O)[O-])c(OC)c2)CC1. The van der Waals surface area contributed by atoms with Crippen molar-refractivity contribution in [2.75, 3.05) is 57.6 Å². The van der Waals surface area contributed by atoms with Gasteiger partial charge < -0.3 is 9.64 Å². The van der Waals surface area contributed by atoms with Gasteiger partial charge in [0.2, 0.25) is 0 Å². The average molecular weight is 343 g/mol. The van der Waals surface area contributed by atoms with Gasteiger partial charge in [-0.15, -0.1) is 0 Å². The van der Waals surface area contributed by atoms with Crippen LogP contribution in [0.1, 0.15) is 0 Å². The number of nitro benzene ring substituents is 1. The van der Waals surface area contributed by atoms with E-state index in [9.17, 15) is 10.1 Å². The standard InChI is InChI=1S/C14H21N3O5S/c1-20-14-11-12(3-4-13(14)17(18)19)16-7-5-15(6-8-16)9-10-23-22-21-2/h3-4,11H,5-10H2,1-2H3. The molecule has 0 radical (unpaired) electrons. The highest BCUT2D eigenvalue weighted by atomic mass is 32.2. The molecule has 1 heterocycles. The fraction of sp³-hybridized carbons (Fsp3) is 0.571. The fourth-order valence-corrected chi connectivity index (χ4v) is 2.99. The van der Waals surface area contributed by atoms with Crippen LogP contribution in [-0.2, 0) is 9.22 Å². The molecule has 1 aliphatic rings. The van der Waals surface area contributed by atoms with Crippen molar-refractivity contribution in [3.63, 3.8) is 0 Å². The smallest absolute Gasteiger partial charge is 0.311 e. The molecule has 2 rings (SSSR count). The summed E-state index contributed by atoms with van der Waals surface area (Å²) in [6.45, 7) is 4.55. The first kappa shape index (κ1) is 17.8. The summed E-state index contributed by atoms with van der Waals surface area (Å²) in [5.41, 5.74) is 0.939. The molecule has 1 fully saturated rings. The number of hydrogen-bond acceptors (Lipinski definition) is 8. The molecule has 8 nitrogen and oxygen atoms in total. The molecule has 0 saturated carbocycles. The summed E-state index contributed by atoms with van der Waals surface area (Å²) < 4.78 is 9.91. The maximum atomic E-state index is 10.9. The van der Waals surface area contributed by atoms with E-state index in [4.69, 9.17) is 9.07 Å². The van der Waals surface area contributed by atoms with E-state index < -0.39 is 4.92 Å². The molecule has 0 aromatic heterocycles. The van der Waals surface area contributed by atoms with Crippen molar-refractivity contribution in [2.45, 2.75) is 0 Å². The lowest BCUT2D eigenvalue weighted by atomic mass is 10.2. The van der Waals surface area contributed by atoms with Crippen LogP contribution in [0.4, 0.5) is 11.4 Å². The van der Waals surface area contributed by atoms with Gasteiger partial charge in [-0.2, -0.15) is 4.33 Å². The minimum absolute atomic E-state index is 0.00921. The molecule has 0 aliphatic carbocycles. The second-order valence-electron chi connectivity index (χ2n) is 5.00. The first-order valence-electron chi connectivity index (χ1n) is 7.27. The monoisotopic (exact) mass is 343 g/mol. The van der Waals surface area contributed by atoms with Crippen LogP contribution in [0, 0.1) is 10.1 Å². The fourth-order valence-electron chi connectivity index (χ4n) is 2.49. The van der Waals surface area contributed by atoms with Gasteiger partial charge in [0, 0.05) is 68.3 Å². The Morgan fingerprint density at radius 2 is 2.00 bits per heavy atom. The number of piperazine rings is 1. The Labute approximate surface area is 139 Å². The largest absolute Gasteiger partial charge is 0.490 e. The summed E-state index contributed by atoms with van der Waals surface area (Å²) in [5.74, 6) is 1.14. The maximum absolute atomic E-state index is 10.9. The molecule has 9 heteroatoms. The molecule has 0 spiro atoms. The van der Waals surface area contributed by atoms with E-state index in [1.165, 1.54) is 32.3 Å². The highest BCUT2D eigenvalue weighted by molar-refractivity contribution is 7.94. The van der Waals surface area contributed by atoms with E-state index in [-0.39, 0.29) is 5.69 Å². The van der Waals surface area contributed by atoms with E-state index in [0.717, 1.165) is 44.2 Å².